The average Bonchev–Trinajstić information content (AvgIpc) is 2.86. The zero-order valence-corrected chi connectivity index (χ0v) is 13.6. The molecule has 2 unspecified atom stereocenters. The number of esters is 3. The molecule has 0 spiro atoms. The topological polar surface area (TPSA) is 99.1 Å². The summed E-state index contributed by atoms with van der Waals surface area (Å²) in [5.74, 6) is -1.57. The largest absolute Gasteiger partial charge is 0.460 e. The number of hydrogen-bond acceptors (Lipinski definition) is 7. The van der Waals surface area contributed by atoms with Gasteiger partial charge in [-0.05, 0) is 26.0 Å². The van der Waals surface area contributed by atoms with Gasteiger partial charge >= 0.3 is 17.9 Å². The minimum absolute atomic E-state index is 0.178. The van der Waals surface area contributed by atoms with Crippen molar-refractivity contribution < 1.29 is 33.7 Å². The van der Waals surface area contributed by atoms with Crippen molar-refractivity contribution in [3.63, 3.8) is 0 Å². The Hall–Kier alpha value is -2.51. The van der Waals surface area contributed by atoms with E-state index in [1.165, 1.54) is 0 Å². The molecule has 0 aliphatic carbocycles. The lowest BCUT2D eigenvalue weighted by atomic mass is 10.1. The maximum atomic E-state index is 10.8. The van der Waals surface area contributed by atoms with Gasteiger partial charge in [0.1, 0.15) is 6.61 Å². The lowest BCUT2D eigenvalue weighted by Gasteiger charge is -2.13. The van der Waals surface area contributed by atoms with Crippen molar-refractivity contribution in [1.82, 2.24) is 0 Å². The molecule has 1 aromatic carbocycles. The summed E-state index contributed by atoms with van der Waals surface area (Å²) in [7, 11) is 0. The van der Waals surface area contributed by atoms with Gasteiger partial charge in [0.15, 0.2) is 0 Å². The first kappa shape index (κ1) is 19.5. The van der Waals surface area contributed by atoms with E-state index in [1.807, 2.05) is 0 Å². The molecule has 130 valence electrons. The van der Waals surface area contributed by atoms with Crippen molar-refractivity contribution in [3.8, 4) is 0 Å². The van der Waals surface area contributed by atoms with Crippen molar-refractivity contribution in [1.29, 1.82) is 0 Å². The van der Waals surface area contributed by atoms with Crippen molar-refractivity contribution in [2.45, 2.75) is 26.1 Å². The molecular formula is C17H20O7. The molecule has 0 amide bonds. The molecule has 0 saturated heterocycles. The third-order valence-corrected chi connectivity index (χ3v) is 2.80. The SMILES string of the molecule is C=CC(=O)OCC(C)OCC(C)O.O=C1OC(=O)c2ccccc21. The molecule has 2 atom stereocenters. The summed E-state index contributed by atoms with van der Waals surface area (Å²) in [4.78, 5) is 32.3. The van der Waals surface area contributed by atoms with Crippen LogP contribution in [0.15, 0.2) is 36.9 Å². The second-order valence-corrected chi connectivity index (χ2v) is 5.05. The number of rotatable bonds is 6. The smallest absolute Gasteiger partial charge is 0.346 e. The summed E-state index contributed by atoms with van der Waals surface area (Å²) >= 11 is 0. The normalized spacial score (nSPS) is 14.6. The fourth-order valence-electron chi connectivity index (χ4n) is 1.64. The highest BCUT2D eigenvalue weighted by Crippen LogP contribution is 2.18. The van der Waals surface area contributed by atoms with Crippen LogP contribution in [0, 0.1) is 0 Å². The van der Waals surface area contributed by atoms with E-state index in [4.69, 9.17) is 14.6 Å². The quantitative estimate of drug-likeness (QED) is 0.477. The number of hydrogen-bond donors (Lipinski definition) is 1. The van der Waals surface area contributed by atoms with Crippen LogP contribution in [0.4, 0.5) is 0 Å². The predicted molar refractivity (Wildman–Crippen MR) is 84.4 cm³/mol. The summed E-state index contributed by atoms with van der Waals surface area (Å²) in [6.07, 6.45) is 0.387. The molecule has 0 fully saturated rings. The maximum absolute atomic E-state index is 10.8. The summed E-state index contributed by atoms with van der Waals surface area (Å²) in [5.41, 5.74) is 0.718. The molecule has 1 aliphatic rings. The van der Waals surface area contributed by atoms with Gasteiger partial charge < -0.3 is 19.3 Å². The zero-order chi connectivity index (χ0) is 18.1. The molecule has 24 heavy (non-hydrogen) atoms. The lowest BCUT2D eigenvalue weighted by molar-refractivity contribution is -0.142. The van der Waals surface area contributed by atoms with Gasteiger partial charge in [0.05, 0.1) is 29.9 Å². The van der Waals surface area contributed by atoms with Gasteiger partial charge in [-0.2, -0.15) is 0 Å². The molecule has 1 aliphatic heterocycles. The molecule has 1 heterocycles. The van der Waals surface area contributed by atoms with Crippen LogP contribution in [0.3, 0.4) is 0 Å². The molecule has 1 aromatic rings. The van der Waals surface area contributed by atoms with Gasteiger partial charge in [-0.25, -0.2) is 14.4 Å². The maximum Gasteiger partial charge on any atom is 0.346 e. The first-order valence-electron chi connectivity index (χ1n) is 7.29. The van der Waals surface area contributed by atoms with Crippen molar-refractivity contribution in [2.24, 2.45) is 0 Å². The van der Waals surface area contributed by atoms with Gasteiger partial charge in [0, 0.05) is 6.08 Å². The molecule has 7 nitrogen and oxygen atoms in total. The molecular weight excluding hydrogens is 316 g/mol. The van der Waals surface area contributed by atoms with E-state index in [1.54, 1.807) is 38.1 Å². The van der Waals surface area contributed by atoms with Crippen LogP contribution >= 0.6 is 0 Å². The van der Waals surface area contributed by atoms with Gasteiger partial charge in [-0.1, -0.05) is 18.7 Å². The standard InChI is InChI=1S/C9H16O4.C8H4O3/c1-4-9(11)13-6-8(3)12-5-7(2)10;9-7-5-3-1-2-4-6(5)8(10)11-7/h4,7-8,10H,1,5-6H2,2-3H3;1-4H. The van der Waals surface area contributed by atoms with Crippen LogP contribution in [-0.4, -0.2) is 48.4 Å². The minimum atomic E-state index is -0.550. The van der Waals surface area contributed by atoms with E-state index in [9.17, 15) is 14.4 Å². The highest BCUT2D eigenvalue weighted by molar-refractivity contribution is 6.14. The number of aliphatic hydroxyl groups is 1. The van der Waals surface area contributed by atoms with Gasteiger partial charge in [0.2, 0.25) is 0 Å². The second kappa shape index (κ2) is 9.59. The van der Waals surface area contributed by atoms with Gasteiger partial charge in [0.25, 0.3) is 0 Å². The van der Waals surface area contributed by atoms with E-state index in [2.05, 4.69) is 11.3 Å². The third-order valence-electron chi connectivity index (χ3n) is 2.80. The lowest BCUT2D eigenvalue weighted by Crippen LogP contribution is -2.22. The number of fused-ring (bicyclic) bond motifs is 1. The summed E-state index contributed by atoms with van der Waals surface area (Å²) < 4.78 is 14.2. The van der Waals surface area contributed by atoms with Crippen LogP contribution < -0.4 is 0 Å². The molecule has 7 heteroatoms. The van der Waals surface area contributed by atoms with Crippen molar-refractivity contribution >= 4 is 17.9 Å². The van der Waals surface area contributed by atoms with E-state index < -0.39 is 24.0 Å². The molecule has 0 radical (unpaired) electrons. The average molecular weight is 336 g/mol. The first-order chi connectivity index (χ1) is 11.3. The van der Waals surface area contributed by atoms with E-state index >= 15 is 0 Å². The molecule has 1 N–H and O–H groups in total. The summed E-state index contributed by atoms with van der Waals surface area (Å²) in [5, 5.41) is 8.88. The molecule has 2 rings (SSSR count). The predicted octanol–water partition coefficient (Wildman–Crippen LogP) is 1.50. The Balaban J connectivity index is 0.000000242. The van der Waals surface area contributed by atoms with E-state index in [0.29, 0.717) is 11.1 Å². The number of benzene rings is 1. The van der Waals surface area contributed by atoms with Crippen LogP contribution in [0.2, 0.25) is 0 Å². The van der Waals surface area contributed by atoms with Crippen molar-refractivity contribution in [3.05, 3.63) is 48.0 Å². The first-order valence-corrected chi connectivity index (χ1v) is 7.29. The Morgan fingerprint density at radius 2 is 1.75 bits per heavy atom. The number of cyclic esters (lactones) is 2. The Morgan fingerprint density at radius 1 is 1.21 bits per heavy atom. The summed E-state index contributed by atoms with van der Waals surface area (Å²) in [6.45, 7) is 7.07. The Morgan fingerprint density at radius 3 is 2.21 bits per heavy atom. The Kier molecular flexibility index (Phi) is 7.81. The van der Waals surface area contributed by atoms with E-state index in [-0.39, 0.29) is 19.3 Å². The van der Waals surface area contributed by atoms with Crippen molar-refractivity contribution in [2.75, 3.05) is 13.2 Å². The Labute approximate surface area is 139 Å². The minimum Gasteiger partial charge on any atom is -0.460 e. The number of carbonyl (C=O) groups is 3. The molecule has 0 bridgehead atoms. The summed E-state index contributed by atoms with van der Waals surface area (Å²) in [6, 6.07) is 6.53. The molecule has 0 saturated carbocycles. The van der Waals surface area contributed by atoms with Crippen LogP contribution in [-0.2, 0) is 19.0 Å². The second-order valence-electron chi connectivity index (χ2n) is 5.05. The monoisotopic (exact) mass is 336 g/mol. The fourth-order valence-corrected chi connectivity index (χ4v) is 1.64. The number of aliphatic hydroxyl groups excluding tert-OH is 1. The van der Waals surface area contributed by atoms with Gasteiger partial charge in [-0.3, -0.25) is 0 Å². The van der Waals surface area contributed by atoms with E-state index in [0.717, 1.165) is 6.08 Å². The van der Waals surface area contributed by atoms with Gasteiger partial charge in [-0.15, -0.1) is 0 Å². The highest BCUT2D eigenvalue weighted by atomic mass is 16.6. The third kappa shape index (κ3) is 6.31. The number of carbonyl (C=O) groups excluding carboxylic acids is 3. The van der Waals surface area contributed by atoms with Crippen LogP contribution in [0.25, 0.3) is 0 Å². The van der Waals surface area contributed by atoms with Crippen LogP contribution in [0.1, 0.15) is 34.6 Å². The number of ether oxygens (including phenoxy) is 3. The highest BCUT2D eigenvalue weighted by Gasteiger charge is 2.28. The zero-order valence-electron chi connectivity index (χ0n) is 13.6. The molecule has 0 aromatic heterocycles. The van der Waals surface area contributed by atoms with Crippen LogP contribution in [0.5, 0.6) is 0 Å². The fraction of sp³-hybridized carbons (Fsp3) is 0.353. The Bertz CT molecular complexity index is 574.